The van der Waals surface area contributed by atoms with Gasteiger partial charge in [-0.05, 0) is 0 Å². The summed E-state index contributed by atoms with van der Waals surface area (Å²) >= 11 is 0.753. The van der Waals surface area contributed by atoms with Crippen LogP contribution in [0.3, 0.4) is 0 Å². The zero-order chi connectivity index (χ0) is 17.1. The van der Waals surface area contributed by atoms with Gasteiger partial charge >= 0.3 is 151 Å². The van der Waals surface area contributed by atoms with Gasteiger partial charge in [-0.3, -0.25) is 0 Å². The van der Waals surface area contributed by atoms with Crippen molar-refractivity contribution in [1.82, 2.24) is 12.7 Å². The summed E-state index contributed by atoms with van der Waals surface area (Å²) in [6.07, 6.45) is 4.90. The number of aromatic nitrogens is 2. The van der Waals surface area contributed by atoms with E-state index in [-0.39, 0.29) is 6.03 Å². The topological polar surface area (TPSA) is 62.6 Å². The number of nitrogens with one attached hydrogen (secondary N) is 1. The Hall–Kier alpha value is -1.78. The van der Waals surface area contributed by atoms with Crippen LogP contribution in [-0.2, 0) is 6.42 Å². The molecule has 2 amide bonds. The van der Waals surface area contributed by atoms with E-state index in [1.54, 1.807) is 19.0 Å². The Bertz CT molecular complexity index is 733. The van der Waals surface area contributed by atoms with Crippen LogP contribution in [0.4, 0.5) is 16.2 Å². The van der Waals surface area contributed by atoms with Gasteiger partial charge in [-0.25, -0.2) is 0 Å². The van der Waals surface area contributed by atoms with E-state index in [4.69, 9.17) is 4.74 Å². The molecule has 1 aromatic carbocycles. The van der Waals surface area contributed by atoms with Crippen molar-refractivity contribution in [2.24, 2.45) is 0 Å². The summed E-state index contributed by atoms with van der Waals surface area (Å²) in [5.41, 5.74) is 2.99. The standard InChI is InChI=1S/C16H21N5O2.Tl/c1-17-16(22)20(2)13-3-4-15-14(9-13)21(7-8-23-15)6-5-12-10-18-11-19-12;/h3-4,9-11H,5-8H2,1-2H3,(H2,17,18,19,22);/q;+1/p-1. The predicted octanol–water partition coefficient (Wildman–Crippen LogP) is 1.03. The molecule has 2 aromatic rings. The fourth-order valence-electron chi connectivity index (χ4n) is 2.75. The molecule has 3 rings (SSSR count). The Kier molecular flexibility index (Phi) is 5.27. The number of amides is 2. The molecule has 8 heteroatoms. The van der Waals surface area contributed by atoms with Crippen molar-refractivity contribution in [1.29, 1.82) is 0 Å². The van der Waals surface area contributed by atoms with Crippen molar-refractivity contribution in [3.63, 3.8) is 0 Å². The first kappa shape index (κ1) is 17.1. The maximum atomic E-state index is 11.8. The number of anilines is 2. The molecule has 0 spiro atoms. The summed E-state index contributed by atoms with van der Waals surface area (Å²) in [5, 5.41) is 2.64. The maximum absolute atomic E-state index is 11.8. The predicted molar refractivity (Wildman–Crippen MR) is 94.1 cm³/mol. The average Bonchev–Trinajstić information content (AvgIpc) is 3.03. The Balaban J connectivity index is 1.78. The van der Waals surface area contributed by atoms with Gasteiger partial charge in [0.1, 0.15) is 0 Å². The Morgan fingerprint density at radius 1 is 1.50 bits per heavy atom. The molecule has 7 nitrogen and oxygen atoms in total. The quantitative estimate of drug-likeness (QED) is 0.615. The third-order valence-corrected chi connectivity index (χ3v) is 5.20. The molecule has 0 radical (unpaired) electrons. The van der Waals surface area contributed by atoms with Crippen molar-refractivity contribution in [2.75, 3.05) is 43.6 Å². The van der Waals surface area contributed by atoms with E-state index in [2.05, 4.69) is 23.8 Å². The second-order valence-electron chi connectivity index (χ2n) is 5.66. The molecular formula is C16H20N5O2Tl. The number of fused-ring (bicyclic) bond motifs is 1. The first-order valence-electron chi connectivity index (χ1n) is 7.83. The van der Waals surface area contributed by atoms with E-state index in [1.807, 2.05) is 24.5 Å². The van der Waals surface area contributed by atoms with Crippen molar-refractivity contribution < 1.29 is 9.53 Å². The van der Waals surface area contributed by atoms with Crippen LogP contribution in [0.2, 0.25) is 0 Å². The molecule has 124 valence electrons. The van der Waals surface area contributed by atoms with E-state index in [1.165, 1.54) is 0 Å². The number of urea groups is 1. The molecule has 0 atom stereocenters. The van der Waals surface area contributed by atoms with E-state index in [9.17, 15) is 4.79 Å². The number of benzene rings is 1. The zero-order valence-corrected chi connectivity index (χ0v) is 18.4. The van der Waals surface area contributed by atoms with Crippen LogP contribution < -0.4 is 19.9 Å². The first-order chi connectivity index (χ1) is 11.6. The first-order valence-corrected chi connectivity index (χ1v) is 9.84. The molecule has 1 aliphatic heterocycles. The van der Waals surface area contributed by atoms with Crippen LogP contribution in [0, 0.1) is 0 Å². The van der Waals surface area contributed by atoms with Gasteiger partial charge < -0.3 is 0 Å². The van der Waals surface area contributed by atoms with Gasteiger partial charge in [-0.15, -0.1) is 0 Å². The Labute approximate surface area is 157 Å². The van der Waals surface area contributed by atoms with Gasteiger partial charge in [-0.2, -0.15) is 0 Å². The molecule has 24 heavy (non-hydrogen) atoms. The van der Waals surface area contributed by atoms with Crippen LogP contribution in [0.15, 0.2) is 30.7 Å². The minimum absolute atomic E-state index is 0.142. The van der Waals surface area contributed by atoms with E-state index in [0.717, 1.165) is 68.4 Å². The molecule has 0 saturated carbocycles. The van der Waals surface area contributed by atoms with Crippen LogP contribution in [0.1, 0.15) is 5.69 Å². The third-order valence-electron chi connectivity index (χ3n) is 4.10. The van der Waals surface area contributed by atoms with Gasteiger partial charge in [0.2, 0.25) is 0 Å². The van der Waals surface area contributed by atoms with Crippen molar-refractivity contribution in [2.45, 2.75) is 6.42 Å². The Morgan fingerprint density at radius 3 is 3.04 bits per heavy atom. The summed E-state index contributed by atoms with van der Waals surface area (Å²) < 4.78 is 7.88. The van der Waals surface area contributed by atoms with E-state index in [0.29, 0.717) is 6.61 Å². The summed E-state index contributed by atoms with van der Waals surface area (Å²) in [6.45, 7) is 2.39. The monoisotopic (exact) mass is 519 g/mol. The normalized spacial score (nSPS) is 13.1. The molecule has 0 unspecified atom stereocenters. The summed E-state index contributed by atoms with van der Waals surface area (Å²) in [5.74, 6) is 0.866. The average molecular weight is 519 g/mol. The molecule has 2 heterocycles. The number of nitrogens with zero attached hydrogens (tertiary/aromatic N) is 4. The van der Waals surface area contributed by atoms with Gasteiger partial charge in [-0.1, -0.05) is 0 Å². The molecule has 0 fully saturated rings. The molecule has 1 aromatic heterocycles. The zero-order valence-electron chi connectivity index (χ0n) is 13.9. The van der Waals surface area contributed by atoms with Crippen LogP contribution in [0.25, 0.3) is 0 Å². The minimum atomic E-state index is -0.142. The van der Waals surface area contributed by atoms with Gasteiger partial charge in [0.05, 0.1) is 0 Å². The number of imidazole rings is 1. The number of carbonyl (C=O) groups excluding carboxylic acids is 1. The number of ether oxygens (including phenoxy) is 1. The van der Waals surface area contributed by atoms with E-state index < -0.39 is 0 Å². The van der Waals surface area contributed by atoms with Crippen molar-refractivity contribution in [3.05, 3.63) is 36.4 Å². The molecular weight excluding hydrogens is 499 g/mol. The SMILES string of the molecule is CNC(=O)N(C)c1ccc2c(c1)N(CCc1c[n]([Tl])cn1)CCO2. The number of hydrogen-bond donors (Lipinski definition) is 1. The second kappa shape index (κ2) is 7.41. The second-order valence-corrected chi connectivity index (χ2v) is 7.98. The van der Waals surface area contributed by atoms with Crippen LogP contribution in [0.5, 0.6) is 5.75 Å². The fourth-order valence-corrected chi connectivity index (χ4v) is 3.67. The summed E-state index contributed by atoms with van der Waals surface area (Å²) in [6, 6.07) is 5.71. The summed E-state index contributed by atoms with van der Waals surface area (Å²) in [4.78, 5) is 20.2. The number of rotatable bonds is 4. The van der Waals surface area contributed by atoms with Crippen LogP contribution >= 0.6 is 0 Å². The molecule has 1 aliphatic rings. The van der Waals surface area contributed by atoms with Gasteiger partial charge in [0.25, 0.3) is 0 Å². The molecule has 0 aliphatic carbocycles. The van der Waals surface area contributed by atoms with Crippen LogP contribution in [-0.4, -0.2) is 73.2 Å². The Morgan fingerprint density at radius 2 is 2.33 bits per heavy atom. The number of hydrogen-bond acceptors (Lipinski definition) is 4. The van der Waals surface area contributed by atoms with Crippen molar-refractivity contribution >= 4 is 43.5 Å². The fraction of sp³-hybridized carbons (Fsp3) is 0.375. The molecule has 0 saturated heterocycles. The van der Waals surface area contributed by atoms with Gasteiger partial charge in [0.15, 0.2) is 0 Å². The molecule has 1 N–H and O–H groups in total. The third kappa shape index (κ3) is 3.65. The van der Waals surface area contributed by atoms with Gasteiger partial charge in [0, 0.05) is 7.05 Å². The number of carbonyl (C=O) groups is 1. The van der Waals surface area contributed by atoms with E-state index >= 15 is 0 Å². The molecule has 0 bridgehead atoms. The summed E-state index contributed by atoms with van der Waals surface area (Å²) in [7, 11) is 3.39. The van der Waals surface area contributed by atoms with Crippen molar-refractivity contribution in [3.8, 4) is 5.75 Å².